The van der Waals surface area contributed by atoms with Crippen LogP contribution in [0.5, 0.6) is 0 Å². The maximum atomic E-state index is 5.68. The molecule has 0 atom stereocenters. The molecule has 4 aromatic rings. The van der Waals surface area contributed by atoms with Crippen molar-refractivity contribution in [2.24, 2.45) is 0 Å². The van der Waals surface area contributed by atoms with Gasteiger partial charge in [0.15, 0.2) is 0 Å². The molecule has 5 nitrogen and oxygen atoms in total. The SMILES string of the molecule is CSCc1nnc(SCc2cn(-c3ccccc3)nc2-c2ccccc2)o1. The molecule has 27 heavy (non-hydrogen) atoms. The fourth-order valence-corrected chi connectivity index (χ4v) is 3.79. The van der Waals surface area contributed by atoms with E-state index in [9.17, 15) is 0 Å². The van der Waals surface area contributed by atoms with Crippen LogP contribution in [0.1, 0.15) is 11.5 Å². The van der Waals surface area contributed by atoms with Crippen molar-refractivity contribution in [1.82, 2.24) is 20.0 Å². The van der Waals surface area contributed by atoms with Crippen LogP contribution in [-0.2, 0) is 11.5 Å². The Bertz CT molecular complexity index is 999. The van der Waals surface area contributed by atoms with Gasteiger partial charge in [0.2, 0.25) is 5.89 Å². The number of nitrogens with zero attached hydrogens (tertiary/aromatic N) is 4. The van der Waals surface area contributed by atoms with Gasteiger partial charge in [0.25, 0.3) is 5.22 Å². The first kappa shape index (κ1) is 17.9. The second-order valence-electron chi connectivity index (χ2n) is 5.83. The van der Waals surface area contributed by atoms with E-state index in [1.165, 1.54) is 11.8 Å². The molecule has 4 rings (SSSR count). The second-order valence-corrected chi connectivity index (χ2v) is 7.63. The molecular weight excluding hydrogens is 376 g/mol. The minimum absolute atomic E-state index is 0.588. The van der Waals surface area contributed by atoms with Crippen molar-refractivity contribution < 1.29 is 4.42 Å². The highest BCUT2D eigenvalue weighted by atomic mass is 32.2. The number of hydrogen-bond donors (Lipinski definition) is 0. The minimum atomic E-state index is 0.588. The quantitative estimate of drug-likeness (QED) is 0.408. The van der Waals surface area contributed by atoms with Gasteiger partial charge in [0, 0.05) is 23.1 Å². The van der Waals surface area contributed by atoms with Crippen LogP contribution in [-0.4, -0.2) is 26.2 Å². The van der Waals surface area contributed by atoms with Gasteiger partial charge in [-0.25, -0.2) is 4.68 Å². The number of benzene rings is 2. The lowest BCUT2D eigenvalue weighted by Gasteiger charge is -2.01. The summed E-state index contributed by atoms with van der Waals surface area (Å²) < 4.78 is 7.60. The molecule has 0 aliphatic rings. The zero-order valence-corrected chi connectivity index (χ0v) is 16.4. The molecular formula is C20H18N4OS2. The Balaban J connectivity index is 1.62. The number of para-hydroxylation sites is 1. The first-order chi connectivity index (χ1) is 13.3. The van der Waals surface area contributed by atoms with Crippen LogP contribution in [0.4, 0.5) is 0 Å². The Morgan fingerprint density at radius 1 is 0.926 bits per heavy atom. The third kappa shape index (κ3) is 4.26. The lowest BCUT2D eigenvalue weighted by Crippen LogP contribution is -1.93. The van der Waals surface area contributed by atoms with Crippen molar-refractivity contribution in [2.45, 2.75) is 16.7 Å². The summed E-state index contributed by atoms with van der Waals surface area (Å²) in [5, 5.41) is 13.6. The molecule has 2 aromatic heterocycles. The highest BCUT2D eigenvalue weighted by Gasteiger charge is 2.14. The second kappa shape index (κ2) is 8.45. The number of rotatable bonds is 7. The van der Waals surface area contributed by atoms with Crippen LogP contribution >= 0.6 is 23.5 Å². The summed E-state index contributed by atoms with van der Waals surface area (Å²) in [7, 11) is 0. The summed E-state index contributed by atoms with van der Waals surface area (Å²) in [5.74, 6) is 2.10. The van der Waals surface area contributed by atoms with Crippen LogP contribution < -0.4 is 0 Å². The summed E-state index contributed by atoms with van der Waals surface area (Å²) in [5.41, 5.74) is 4.22. The normalized spacial score (nSPS) is 11.0. The largest absolute Gasteiger partial charge is 0.415 e. The molecule has 136 valence electrons. The predicted molar refractivity (Wildman–Crippen MR) is 110 cm³/mol. The zero-order chi connectivity index (χ0) is 18.5. The van der Waals surface area contributed by atoms with Crippen molar-refractivity contribution in [3.63, 3.8) is 0 Å². The molecule has 0 N–H and O–H groups in total. The van der Waals surface area contributed by atoms with Gasteiger partial charge in [0.1, 0.15) is 0 Å². The molecule has 0 aliphatic carbocycles. The van der Waals surface area contributed by atoms with E-state index in [0.717, 1.165) is 28.3 Å². The Morgan fingerprint density at radius 2 is 1.67 bits per heavy atom. The van der Waals surface area contributed by atoms with Crippen LogP contribution in [0, 0.1) is 0 Å². The van der Waals surface area contributed by atoms with Crippen LogP contribution in [0.2, 0.25) is 0 Å². The fraction of sp³-hybridized carbons (Fsp3) is 0.150. The topological polar surface area (TPSA) is 56.7 Å². The molecule has 0 saturated heterocycles. The monoisotopic (exact) mass is 394 g/mol. The summed E-state index contributed by atoms with van der Waals surface area (Å²) in [4.78, 5) is 0. The van der Waals surface area contributed by atoms with Crippen molar-refractivity contribution in [3.05, 3.63) is 78.3 Å². The van der Waals surface area contributed by atoms with E-state index in [2.05, 4.69) is 28.5 Å². The highest BCUT2D eigenvalue weighted by molar-refractivity contribution is 7.98. The van der Waals surface area contributed by atoms with Gasteiger partial charge in [-0.2, -0.15) is 16.9 Å². The molecule has 2 heterocycles. The number of thioether (sulfide) groups is 2. The van der Waals surface area contributed by atoms with E-state index < -0.39 is 0 Å². The van der Waals surface area contributed by atoms with Gasteiger partial charge < -0.3 is 4.42 Å². The molecule has 0 radical (unpaired) electrons. The molecule has 0 unspecified atom stereocenters. The molecule has 2 aromatic carbocycles. The molecule has 0 aliphatic heterocycles. The summed E-state index contributed by atoms with van der Waals surface area (Å²) in [6.07, 6.45) is 4.09. The Kier molecular flexibility index (Phi) is 5.60. The van der Waals surface area contributed by atoms with Crippen LogP contribution in [0.25, 0.3) is 16.9 Å². The van der Waals surface area contributed by atoms with Crippen molar-refractivity contribution in [3.8, 4) is 16.9 Å². The maximum Gasteiger partial charge on any atom is 0.276 e. The van der Waals surface area contributed by atoms with Crippen molar-refractivity contribution >= 4 is 23.5 Å². The van der Waals surface area contributed by atoms with Crippen LogP contribution in [0.15, 0.2) is 76.5 Å². The third-order valence-corrected chi connectivity index (χ3v) is 5.33. The Morgan fingerprint density at radius 3 is 2.41 bits per heavy atom. The molecule has 0 spiro atoms. The fourth-order valence-electron chi connectivity index (χ4n) is 2.69. The smallest absolute Gasteiger partial charge is 0.276 e. The standard InChI is InChI=1S/C20H18N4OS2/c1-26-14-18-21-22-20(25-18)27-13-16-12-24(17-10-6-3-7-11-17)23-19(16)15-8-4-2-5-9-15/h2-12H,13-14H2,1H3. The molecule has 0 amide bonds. The summed E-state index contributed by atoms with van der Waals surface area (Å²) in [6, 6.07) is 20.3. The predicted octanol–water partition coefficient (Wildman–Crippen LogP) is 5.08. The van der Waals surface area contributed by atoms with Crippen LogP contribution in [0.3, 0.4) is 0 Å². The minimum Gasteiger partial charge on any atom is -0.415 e. The molecule has 0 bridgehead atoms. The summed E-state index contributed by atoms with van der Waals surface area (Å²) >= 11 is 3.20. The molecule has 0 saturated carbocycles. The van der Waals surface area contributed by atoms with Gasteiger partial charge in [0.05, 0.1) is 17.1 Å². The Labute approximate surface area is 166 Å². The van der Waals surface area contributed by atoms with E-state index in [4.69, 9.17) is 9.52 Å². The van der Waals surface area contributed by atoms with Crippen molar-refractivity contribution in [1.29, 1.82) is 0 Å². The third-order valence-electron chi connectivity index (χ3n) is 3.93. The molecule has 0 fully saturated rings. The first-order valence-corrected chi connectivity index (χ1v) is 10.8. The van der Waals surface area contributed by atoms with Crippen molar-refractivity contribution in [2.75, 3.05) is 6.26 Å². The first-order valence-electron chi connectivity index (χ1n) is 8.47. The number of hydrogen-bond acceptors (Lipinski definition) is 6. The highest BCUT2D eigenvalue weighted by Crippen LogP contribution is 2.29. The lowest BCUT2D eigenvalue weighted by atomic mass is 10.1. The Hall–Kier alpha value is -2.51. The van der Waals surface area contributed by atoms with E-state index in [-0.39, 0.29) is 0 Å². The van der Waals surface area contributed by atoms with E-state index in [1.807, 2.05) is 59.5 Å². The van der Waals surface area contributed by atoms with E-state index in [1.54, 1.807) is 11.8 Å². The van der Waals surface area contributed by atoms with E-state index in [0.29, 0.717) is 16.9 Å². The van der Waals surface area contributed by atoms with Gasteiger partial charge in [-0.15, -0.1) is 10.2 Å². The summed E-state index contributed by atoms with van der Waals surface area (Å²) in [6.45, 7) is 0. The maximum absolute atomic E-state index is 5.68. The zero-order valence-electron chi connectivity index (χ0n) is 14.8. The average molecular weight is 395 g/mol. The van der Waals surface area contributed by atoms with Gasteiger partial charge in [-0.3, -0.25) is 0 Å². The van der Waals surface area contributed by atoms with Gasteiger partial charge in [-0.1, -0.05) is 60.3 Å². The molecule has 7 heteroatoms. The van der Waals surface area contributed by atoms with Gasteiger partial charge >= 0.3 is 0 Å². The van der Waals surface area contributed by atoms with E-state index >= 15 is 0 Å². The average Bonchev–Trinajstić information content (AvgIpc) is 3.35. The lowest BCUT2D eigenvalue weighted by molar-refractivity contribution is 0.426. The number of aromatic nitrogens is 4. The van der Waals surface area contributed by atoms with Gasteiger partial charge in [-0.05, 0) is 18.4 Å².